The second-order valence-corrected chi connectivity index (χ2v) is 5.11. The number of hydrogen-bond acceptors (Lipinski definition) is 1. The van der Waals surface area contributed by atoms with E-state index in [0.717, 1.165) is 21.4 Å². The Morgan fingerprint density at radius 1 is 1.35 bits per heavy atom. The van der Waals surface area contributed by atoms with Gasteiger partial charge in [0.15, 0.2) is 0 Å². The number of fused-ring (bicyclic) bond motifs is 1. The largest absolute Gasteiger partial charge is 0.353 e. The Morgan fingerprint density at radius 2 is 2.18 bits per heavy atom. The van der Waals surface area contributed by atoms with E-state index in [1.165, 1.54) is 0 Å². The zero-order valence-electron chi connectivity index (χ0n) is 9.27. The third-order valence-corrected chi connectivity index (χ3v) is 3.62. The summed E-state index contributed by atoms with van der Waals surface area (Å²) in [5, 5.41) is 2.92. The molecule has 3 rings (SSSR count). The van der Waals surface area contributed by atoms with E-state index >= 15 is 0 Å². The van der Waals surface area contributed by atoms with Gasteiger partial charge in [-0.15, -0.1) is 0 Å². The van der Waals surface area contributed by atoms with Crippen LogP contribution in [0, 0.1) is 0 Å². The predicted molar refractivity (Wildman–Crippen MR) is 70.0 cm³/mol. The average molecular weight is 291 g/mol. The van der Waals surface area contributed by atoms with Crippen molar-refractivity contribution in [3.63, 3.8) is 0 Å². The van der Waals surface area contributed by atoms with Gasteiger partial charge in [0.25, 0.3) is 0 Å². The summed E-state index contributed by atoms with van der Waals surface area (Å²) < 4.78 is 2.98. The number of aryl methyl sites for hydroxylation is 1. The fourth-order valence-corrected chi connectivity index (χ4v) is 2.68. The maximum absolute atomic E-state index is 12.1. The fraction of sp³-hybridized carbons (Fsp3) is 0.154. The lowest BCUT2D eigenvalue weighted by molar-refractivity contribution is -0.116. The van der Waals surface area contributed by atoms with Gasteiger partial charge in [0.1, 0.15) is 5.92 Å². The number of nitrogens with zero attached hydrogens (tertiary/aromatic N) is 1. The molecular formula is C13H11BrN2O. The highest BCUT2D eigenvalue weighted by atomic mass is 79.9. The van der Waals surface area contributed by atoms with Crippen LogP contribution in [0.3, 0.4) is 0 Å². The van der Waals surface area contributed by atoms with Gasteiger partial charge in [0.05, 0.1) is 0 Å². The van der Waals surface area contributed by atoms with Gasteiger partial charge in [-0.2, -0.15) is 0 Å². The lowest BCUT2D eigenvalue weighted by atomic mass is 9.97. The van der Waals surface area contributed by atoms with E-state index in [-0.39, 0.29) is 11.8 Å². The van der Waals surface area contributed by atoms with Gasteiger partial charge < -0.3 is 9.88 Å². The number of rotatable bonds is 1. The van der Waals surface area contributed by atoms with Crippen molar-refractivity contribution in [1.82, 2.24) is 4.57 Å². The Bertz CT molecular complexity index is 603. The van der Waals surface area contributed by atoms with Crippen LogP contribution in [0.4, 0.5) is 5.69 Å². The van der Waals surface area contributed by atoms with E-state index in [4.69, 9.17) is 0 Å². The molecule has 0 saturated carbocycles. The summed E-state index contributed by atoms with van der Waals surface area (Å²) in [4.78, 5) is 12.1. The van der Waals surface area contributed by atoms with Crippen LogP contribution in [0.15, 0.2) is 41.0 Å². The second-order valence-electron chi connectivity index (χ2n) is 4.20. The maximum atomic E-state index is 12.1. The number of hydrogen-bond donors (Lipinski definition) is 1. The van der Waals surface area contributed by atoms with Crippen molar-refractivity contribution in [3.05, 3.63) is 52.3 Å². The molecule has 1 N–H and O–H groups in total. The summed E-state index contributed by atoms with van der Waals surface area (Å²) >= 11 is 3.45. The van der Waals surface area contributed by atoms with Crippen LogP contribution in [0.25, 0.3) is 0 Å². The Kier molecular flexibility index (Phi) is 2.33. The molecule has 3 nitrogen and oxygen atoms in total. The molecule has 0 radical (unpaired) electrons. The van der Waals surface area contributed by atoms with Crippen molar-refractivity contribution < 1.29 is 4.79 Å². The summed E-state index contributed by atoms with van der Waals surface area (Å²) in [5.74, 6) is -0.164. The molecule has 1 aliphatic heterocycles. The van der Waals surface area contributed by atoms with E-state index in [1.807, 2.05) is 48.1 Å². The van der Waals surface area contributed by atoms with Crippen LogP contribution in [0.2, 0.25) is 0 Å². The number of nitrogens with one attached hydrogen (secondary N) is 1. The van der Waals surface area contributed by atoms with Crippen LogP contribution in [0.5, 0.6) is 0 Å². The summed E-state index contributed by atoms with van der Waals surface area (Å²) in [6.45, 7) is 0. The van der Waals surface area contributed by atoms with Crippen LogP contribution in [-0.4, -0.2) is 10.5 Å². The average Bonchev–Trinajstić information content (AvgIpc) is 2.81. The van der Waals surface area contributed by atoms with Crippen molar-refractivity contribution in [3.8, 4) is 0 Å². The fourth-order valence-electron chi connectivity index (χ4n) is 2.30. The Labute approximate surface area is 108 Å². The monoisotopic (exact) mass is 290 g/mol. The summed E-state index contributed by atoms with van der Waals surface area (Å²) in [5.41, 5.74) is 2.95. The molecule has 1 aromatic heterocycles. The normalized spacial score (nSPS) is 18.0. The Balaban J connectivity index is 2.17. The Hall–Kier alpha value is -1.55. The van der Waals surface area contributed by atoms with Crippen molar-refractivity contribution in [1.29, 1.82) is 0 Å². The minimum atomic E-state index is -0.206. The number of aromatic nitrogens is 1. The van der Waals surface area contributed by atoms with Crippen molar-refractivity contribution in [2.45, 2.75) is 5.92 Å². The molecule has 2 aromatic rings. The summed E-state index contributed by atoms with van der Waals surface area (Å²) in [6, 6.07) is 9.82. The first-order valence-corrected chi connectivity index (χ1v) is 6.17. The molecule has 4 heteroatoms. The highest BCUT2D eigenvalue weighted by Gasteiger charge is 2.33. The molecule has 0 fully saturated rings. The molecule has 0 spiro atoms. The zero-order chi connectivity index (χ0) is 12.0. The van der Waals surface area contributed by atoms with Gasteiger partial charge in [-0.05, 0) is 35.9 Å². The molecule has 0 aliphatic carbocycles. The topological polar surface area (TPSA) is 34.0 Å². The number of halogens is 1. The third kappa shape index (κ3) is 1.60. The SMILES string of the molecule is Cn1cccc1C1C(=O)Nc2ccc(Br)cc21. The minimum Gasteiger partial charge on any atom is -0.353 e. The smallest absolute Gasteiger partial charge is 0.238 e. The minimum absolute atomic E-state index is 0.0416. The molecule has 2 heterocycles. The molecule has 0 saturated heterocycles. The van der Waals surface area contributed by atoms with Gasteiger partial charge in [-0.3, -0.25) is 4.79 Å². The van der Waals surface area contributed by atoms with Gasteiger partial charge in [-0.1, -0.05) is 15.9 Å². The van der Waals surface area contributed by atoms with Crippen molar-refractivity contribution in [2.75, 3.05) is 5.32 Å². The molecular weight excluding hydrogens is 280 g/mol. The first kappa shape index (κ1) is 10.6. The van der Waals surface area contributed by atoms with Gasteiger partial charge in [0, 0.05) is 29.1 Å². The highest BCUT2D eigenvalue weighted by molar-refractivity contribution is 9.10. The summed E-state index contributed by atoms with van der Waals surface area (Å²) in [6.07, 6.45) is 1.96. The quantitative estimate of drug-likeness (QED) is 0.861. The van der Waals surface area contributed by atoms with Crippen LogP contribution in [-0.2, 0) is 11.8 Å². The zero-order valence-corrected chi connectivity index (χ0v) is 10.9. The maximum Gasteiger partial charge on any atom is 0.238 e. The van der Waals surface area contributed by atoms with E-state index in [9.17, 15) is 4.79 Å². The van der Waals surface area contributed by atoms with Gasteiger partial charge >= 0.3 is 0 Å². The van der Waals surface area contributed by atoms with E-state index in [2.05, 4.69) is 21.2 Å². The molecule has 1 aliphatic rings. The first-order chi connectivity index (χ1) is 8.16. The number of anilines is 1. The number of benzene rings is 1. The molecule has 1 atom stereocenters. The van der Waals surface area contributed by atoms with Crippen LogP contribution < -0.4 is 5.32 Å². The van der Waals surface area contributed by atoms with Crippen LogP contribution in [0.1, 0.15) is 17.2 Å². The third-order valence-electron chi connectivity index (χ3n) is 3.12. The molecule has 17 heavy (non-hydrogen) atoms. The van der Waals surface area contributed by atoms with Crippen LogP contribution >= 0.6 is 15.9 Å². The standard InChI is InChI=1S/C13H11BrN2O/c1-16-6-2-3-11(16)12-9-7-8(14)4-5-10(9)15-13(12)17/h2-7,12H,1H3,(H,15,17). The molecule has 0 bridgehead atoms. The molecule has 1 unspecified atom stereocenters. The lowest BCUT2D eigenvalue weighted by Crippen LogP contribution is -2.15. The lowest BCUT2D eigenvalue weighted by Gasteiger charge is -2.10. The van der Waals surface area contributed by atoms with E-state index < -0.39 is 0 Å². The van der Waals surface area contributed by atoms with E-state index in [1.54, 1.807) is 0 Å². The number of amides is 1. The number of carbonyl (C=O) groups excluding carboxylic acids is 1. The molecule has 1 aromatic carbocycles. The number of carbonyl (C=O) groups is 1. The second kappa shape index (κ2) is 3.74. The highest BCUT2D eigenvalue weighted by Crippen LogP contribution is 2.38. The van der Waals surface area contributed by atoms with Crippen molar-refractivity contribution >= 4 is 27.5 Å². The molecule has 1 amide bonds. The van der Waals surface area contributed by atoms with E-state index in [0.29, 0.717) is 0 Å². The predicted octanol–water partition coefficient (Wildman–Crippen LogP) is 2.87. The first-order valence-electron chi connectivity index (χ1n) is 5.38. The van der Waals surface area contributed by atoms with Crippen molar-refractivity contribution in [2.24, 2.45) is 7.05 Å². The Morgan fingerprint density at radius 3 is 2.88 bits per heavy atom. The van der Waals surface area contributed by atoms with Gasteiger partial charge in [0.2, 0.25) is 5.91 Å². The van der Waals surface area contributed by atoms with Gasteiger partial charge in [-0.25, -0.2) is 0 Å². The summed E-state index contributed by atoms with van der Waals surface area (Å²) in [7, 11) is 1.96. The molecule has 86 valence electrons.